The number of aromatic nitrogens is 8. The number of hydrogen-bond acceptors (Lipinski definition) is 14. The first-order valence-electron chi connectivity index (χ1n) is 14.8. The van der Waals surface area contributed by atoms with Crippen molar-refractivity contribution in [2.24, 2.45) is 0 Å². The average Bonchev–Trinajstić information content (AvgIpc) is 3.82. The van der Waals surface area contributed by atoms with Gasteiger partial charge in [-0.25, -0.2) is 4.98 Å². The number of ether oxygens (including phenoxy) is 3. The van der Waals surface area contributed by atoms with Crippen molar-refractivity contribution in [1.29, 1.82) is 0 Å². The number of rotatable bonds is 13. The molecule has 3 aliphatic rings. The summed E-state index contributed by atoms with van der Waals surface area (Å²) in [5, 5.41) is 19.4. The number of carbonyl (C=O) groups excluding carboxylic acids is 2. The highest BCUT2D eigenvalue weighted by molar-refractivity contribution is 5.84. The number of aryl methyl sites for hydroxylation is 1. The molecule has 42 heavy (non-hydrogen) atoms. The van der Waals surface area contributed by atoms with Crippen LogP contribution in [0, 0.1) is 0 Å². The summed E-state index contributed by atoms with van der Waals surface area (Å²) in [7, 11) is 0. The minimum absolute atomic E-state index is 0.202. The van der Waals surface area contributed by atoms with E-state index in [-0.39, 0.29) is 12.3 Å². The minimum atomic E-state index is -1.03. The van der Waals surface area contributed by atoms with Gasteiger partial charge in [0.15, 0.2) is 41.5 Å². The van der Waals surface area contributed by atoms with E-state index in [1.165, 1.54) is 24.1 Å². The first-order valence-corrected chi connectivity index (χ1v) is 14.8. The Bertz CT molecular complexity index is 1350. The number of tetrazole rings is 1. The molecule has 226 valence electrons. The second-order valence-corrected chi connectivity index (χ2v) is 10.9. The molecule has 1 saturated carbocycles. The third kappa shape index (κ3) is 5.86. The van der Waals surface area contributed by atoms with Crippen LogP contribution in [0.1, 0.15) is 70.0 Å². The summed E-state index contributed by atoms with van der Waals surface area (Å²) in [6, 6.07) is 0.297. The Morgan fingerprint density at radius 1 is 1.05 bits per heavy atom. The van der Waals surface area contributed by atoms with E-state index in [9.17, 15) is 9.59 Å². The molecule has 0 radical (unpaired) electrons. The molecule has 3 fully saturated rings. The summed E-state index contributed by atoms with van der Waals surface area (Å²) in [5.74, 6) is 1.28. The van der Waals surface area contributed by atoms with Crippen LogP contribution >= 0.6 is 0 Å². The van der Waals surface area contributed by atoms with Crippen LogP contribution in [-0.4, -0.2) is 102 Å². The van der Waals surface area contributed by atoms with Crippen molar-refractivity contribution in [2.75, 3.05) is 36.8 Å². The SMILES string of the molecule is CCn1nnc([C@H]2O[C@@H](n3cnc4c(NC5CCCC5)nc(NCCN5CCCCC5)nc43)[C@H](OC=O)[C@H]2OC=O)n1. The van der Waals surface area contributed by atoms with Crippen LogP contribution in [0.15, 0.2) is 6.33 Å². The van der Waals surface area contributed by atoms with Crippen LogP contribution in [0.25, 0.3) is 11.2 Å². The zero-order chi connectivity index (χ0) is 28.9. The highest BCUT2D eigenvalue weighted by Crippen LogP contribution is 2.42. The molecule has 16 nitrogen and oxygen atoms in total. The van der Waals surface area contributed by atoms with Crippen LogP contribution in [0.3, 0.4) is 0 Å². The molecule has 2 saturated heterocycles. The van der Waals surface area contributed by atoms with E-state index in [4.69, 9.17) is 24.2 Å². The van der Waals surface area contributed by atoms with Gasteiger partial charge in [0.25, 0.3) is 12.9 Å². The zero-order valence-electron chi connectivity index (χ0n) is 23.7. The molecule has 0 aromatic carbocycles. The largest absolute Gasteiger partial charge is 0.457 e. The molecule has 5 heterocycles. The van der Waals surface area contributed by atoms with Gasteiger partial charge in [0.1, 0.15) is 0 Å². The molecule has 2 aliphatic heterocycles. The molecule has 2 N–H and O–H groups in total. The van der Waals surface area contributed by atoms with Crippen molar-refractivity contribution in [1.82, 2.24) is 44.6 Å². The van der Waals surface area contributed by atoms with E-state index in [0.29, 0.717) is 48.5 Å². The maximum atomic E-state index is 11.6. The summed E-state index contributed by atoms with van der Waals surface area (Å²) in [5.41, 5.74) is 1.04. The van der Waals surface area contributed by atoms with Crippen LogP contribution in [0.2, 0.25) is 0 Å². The zero-order valence-corrected chi connectivity index (χ0v) is 23.7. The first kappa shape index (κ1) is 28.2. The summed E-state index contributed by atoms with van der Waals surface area (Å²) in [4.78, 5) is 41.2. The number of nitrogens with zero attached hydrogens (tertiary/aromatic N) is 9. The highest BCUT2D eigenvalue weighted by atomic mass is 16.6. The maximum absolute atomic E-state index is 11.6. The smallest absolute Gasteiger partial charge is 0.293 e. The topological polar surface area (TPSA) is 176 Å². The van der Waals surface area contributed by atoms with Crippen LogP contribution < -0.4 is 10.6 Å². The molecular formula is C26H37N11O5. The fraction of sp³-hybridized carbons (Fsp3) is 0.692. The molecule has 6 rings (SSSR count). The molecule has 16 heteroatoms. The van der Waals surface area contributed by atoms with Crippen LogP contribution in [0.5, 0.6) is 0 Å². The molecule has 1 aliphatic carbocycles. The standard InChI is InChI=1S/C26H37N11O5/c1-2-37-33-23(32-34-37)20-19(40-15-38)21(41-16-39)25(42-20)36-14-28-18-22(29-17-8-4-5-9-17)30-26(31-24(18)36)27-10-13-35-11-6-3-7-12-35/h14-17,19-21,25H,2-13H2,1H3,(H2,27,29,30,31)/t19-,20-,21+,25+/m0/s1. The lowest BCUT2D eigenvalue weighted by atomic mass is 10.1. The summed E-state index contributed by atoms with van der Waals surface area (Å²) in [6.45, 7) is 6.74. The number of likely N-dealkylation sites (tertiary alicyclic amines) is 1. The van der Waals surface area contributed by atoms with Crippen molar-refractivity contribution in [3.8, 4) is 0 Å². The number of fused-ring (bicyclic) bond motifs is 1. The lowest BCUT2D eigenvalue weighted by Crippen LogP contribution is -2.34. The number of imidazole rings is 1. The van der Waals surface area contributed by atoms with Gasteiger partial charge in [-0.3, -0.25) is 14.2 Å². The van der Waals surface area contributed by atoms with Crippen molar-refractivity contribution in [2.45, 2.75) is 89.0 Å². The van der Waals surface area contributed by atoms with E-state index in [1.807, 2.05) is 6.92 Å². The van der Waals surface area contributed by atoms with Crippen molar-refractivity contribution < 1.29 is 23.8 Å². The predicted molar refractivity (Wildman–Crippen MR) is 148 cm³/mol. The minimum Gasteiger partial charge on any atom is -0.457 e. The molecule has 4 atom stereocenters. The summed E-state index contributed by atoms with van der Waals surface area (Å²) >= 11 is 0. The number of piperidine rings is 1. The molecule has 3 aromatic heterocycles. The molecule has 0 unspecified atom stereocenters. The normalized spacial score (nSPS) is 25.1. The van der Waals surface area contributed by atoms with Gasteiger partial charge in [0.2, 0.25) is 11.8 Å². The molecule has 0 bridgehead atoms. The van der Waals surface area contributed by atoms with Crippen molar-refractivity contribution in [3.05, 3.63) is 12.2 Å². The monoisotopic (exact) mass is 583 g/mol. The predicted octanol–water partition coefficient (Wildman–Crippen LogP) is 1.44. The number of carbonyl (C=O) groups is 2. The number of anilines is 2. The van der Waals surface area contributed by atoms with Gasteiger partial charge in [-0.1, -0.05) is 19.3 Å². The molecule has 0 spiro atoms. The molecule has 3 aromatic rings. The third-order valence-electron chi connectivity index (χ3n) is 8.17. The average molecular weight is 584 g/mol. The van der Waals surface area contributed by atoms with E-state index < -0.39 is 24.5 Å². The van der Waals surface area contributed by atoms with Crippen LogP contribution in [0.4, 0.5) is 11.8 Å². The lowest BCUT2D eigenvalue weighted by molar-refractivity contribution is -0.151. The third-order valence-corrected chi connectivity index (χ3v) is 8.17. The second-order valence-electron chi connectivity index (χ2n) is 10.9. The van der Waals surface area contributed by atoms with Gasteiger partial charge in [-0.2, -0.15) is 14.8 Å². The van der Waals surface area contributed by atoms with E-state index in [2.05, 4.69) is 35.9 Å². The van der Waals surface area contributed by atoms with Gasteiger partial charge in [-0.15, -0.1) is 10.2 Å². The van der Waals surface area contributed by atoms with Gasteiger partial charge in [0, 0.05) is 19.1 Å². The fourth-order valence-corrected chi connectivity index (χ4v) is 6.05. The second kappa shape index (κ2) is 12.9. The fourth-order valence-electron chi connectivity index (χ4n) is 6.05. The van der Waals surface area contributed by atoms with Crippen LogP contribution in [-0.2, 0) is 30.3 Å². The maximum Gasteiger partial charge on any atom is 0.293 e. The quantitative estimate of drug-likeness (QED) is 0.276. The Kier molecular flexibility index (Phi) is 8.69. The van der Waals surface area contributed by atoms with E-state index in [0.717, 1.165) is 45.3 Å². The van der Waals surface area contributed by atoms with Gasteiger partial charge in [0.05, 0.1) is 12.9 Å². The Labute approximate surface area is 242 Å². The molecule has 0 amide bonds. The van der Waals surface area contributed by atoms with Gasteiger partial charge >= 0.3 is 0 Å². The lowest BCUT2D eigenvalue weighted by Gasteiger charge is -2.26. The van der Waals surface area contributed by atoms with Gasteiger partial charge in [-0.05, 0) is 50.9 Å². The summed E-state index contributed by atoms with van der Waals surface area (Å²) in [6.07, 6.45) is 5.81. The first-order chi connectivity index (χ1) is 20.7. The van der Waals surface area contributed by atoms with E-state index >= 15 is 0 Å². The van der Waals surface area contributed by atoms with Gasteiger partial charge < -0.3 is 29.7 Å². The Morgan fingerprint density at radius 3 is 2.57 bits per heavy atom. The Balaban J connectivity index is 1.33. The summed E-state index contributed by atoms with van der Waals surface area (Å²) < 4.78 is 18.8. The number of hydrogen-bond donors (Lipinski definition) is 2. The van der Waals surface area contributed by atoms with Crippen molar-refractivity contribution >= 4 is 35.9 Å². The Morgan fingerprint density at radius 2 is 1.83 bits per heavy atom. The Hall–Kier alpha value is -3.92. The van der Waals surface area contributed by atoms with Crippen molar-refractivity contribution in [3.63, 3.8) is 0 Å². The molecular weight excluding hydrogens is 546 g/mol. The number of nitrogens with one attached hydrogen (secondary N) is 2. The highest BCUT2D eigenvalue weighted by Gasteiger charge is 2.52. The van der Waals surface area contributed by atoms with E-state index in [1.54, 1.807) is 10.9 Å².